The molecule has 0 bridgehead atoms. The molecule has 2 aromatic rings. The molecule has 1 aliphatic carbocycles. The Bertz CT molecular complexity index is 1110. The number of thioether (sulfide) groups is 1. The highest BCUT2D eigenvalue weighted by Crippen LogP contribution is 2.55. The number of nitriles is 1. The first-order chi connectivity index (χ1) is 15.0. The van der Waals surface area contributed by atoms with Crippen LogP contribution in [0.4, 0.5) is 5.69 Å². The van der Waals surface area contributed by atoms with Crippen molar-refractivity contribution >= 4 is 40.9 Å². The normalized spacial score (nSPS) is 22.9. The van der Waals surface area contributed by atoms with E-state index in [-0.39, 0.29) is 17.7 Å². The van der Waals surface area contributed by atoms with Crippen LogP contribution < -0.4 is 4.90 Å². The van der Waals surface area contributed by atoms with Crippen molar-refractivity contribution in [3.8, 4) is 6.07 Å². The fourth-order valence-electron chi connectivity index (χ4n) is 5.08. The number of carbonyl (C=O) groups excluding carboxylic acids is 2. The number of halogens is 1. The molecular weight excluding hydrogens is 430 g/mol. The van der Waals surface area contributed by atoms with Crippen LogP contribution in [0, 0.1) is 17.2 Å². The number of anilines is 1. The van der Waals surface area contributed by atoms with E-state index in [0.29, 0.717) is 29.4 Å². The van der Waals surface area contributed by atoms with Crippen LogP contribution in [0.3, 0.4) is 0 Å². The number of nitrogens with zero attached hydrogens (tertiary/aromatic N) is 3. The first kappa shape index (κ1) is 20.4. The van der Waals surface area contributed by atoms with E-state index in [0.717, 1.165) is 42.5 Å². The molecule has 2 aliphatic heterocycles. The van der Waals surface area contributed by atoms with Crippen LogP contribution in [0.1, 0.15) is 42.4 Å². The molecule has 2 fully saturated rings. The summed E-state index contributed by atoms with van der Waals surface area (Å²) in [5, 5.41) is 9.79. The summed E-state index contributed by atoms with van der Waals surface area (Å²) in [6.07, 6.45) is 3.94. The van der Waals surface area contributed by atoms with Crippen LogP contribution in [-0.4, -0.2) is 29.0 Å². The molecular formula is C24H22ClN3O2S. The topological polar surface area (TPSA) is 64.4 Å². The van der Waals surface area contributed by atoms with Gasteiger partial charge in [-0.3, -0.25) is 9.59 Å². The highest BCUT2D eigenvalue weighted by molar-refractivity contribution is 8.01. The van der Waals surface area contributed by atoms with Crippen molar-refractivity contribution in [3.05, 3.63) is 64.2 Å². The van der Waals surface area contributed by atoms with E-state index in [1.165, 1.54) is 11.8 Å². The minimum absolute atomic E-state index is 0.00682. The monoisotopic (exact) mass is 451 g/mol. The standard InChI is InChI=1S/C24H22ClN3O2S/c25-19-8-9-21-20(13-19)24(28(10-11-31-24)22(29)18-6-1-2-7-18)23(30)27(21)15-17-5-3-4-16(12-17)14-26/h3-5,8-9,12-13,18H,1-2,6-7,10-11,15H2. The summed E-state index contributed by atoms with van der Waals surface area (Å²) in [6.45, 7) is 0.909. The molecule has 5 rings (SSSR count). The van der Waals surface area contributed by atoms with Crippen LogP contribution >= 0.6 is 23.4 Å². The number of amides is 2. The first-order valence-electron chi connectivity index (χ1n) is 10.6. The van der Waals surface area contributed by atoms with Gasteiger partial charge >= 0.3 is 0 Å². The number of hydrogen-bond donors (Lipinski definition) is 0. The van der Waals surface area contributed by atoms with Gasteiger partial charge in [-0.1, -0.05) is 36.6 Å². The lowest BCUT2D eigenvalue weighted by Gasteiger charge is -2.35. The second kappa shape index (κ2) is 7.89. The molecule has 5 nitrogen and oxygen atoms in total. The number of rotatable bonds is 3. The van der Waals surface area contributed by atoms with Crippen LogP contribution in [0.15, 0.2) is 42.5 Å². The fourth-order valence-corrected chi connectivity index (χ4v) is 6.71. The number of benzene rings is 2. The van der Waals surface area contributed by atoms with Gasteiger partial charge in [0, 0.05) is 28.8 Å². The van der Waals surface area contributed by atoms with E-state index in [2.05, 4.69) is 6.07 Å². The summed E-state index contributed by atoms with van der Waals surface area (Å²) in [4.78, 5) is 30.0. The predicted octanol–water partition coefficient (Wildman–Crippen LogP) is 4.68. The lowest BCUT2D eigenvalue weighted by Crippen LogP contribution is -2.51. The Labute approximate surface area is 191 Å². The zero-order valence-corrected chi connectivity index (χ0v) is 18.6. The van der Waals surface area contributed by atoms with Crippen LogP contribution in [-0.2, 0) is 21.0 Å². The van der Waals surface area contributed by atoms with Gasteiger partial charge in [0.25, 0.3) is 5.91 Å². The molecule has 7 heteroatoms. The average molecular weight is 452 g/mol. The SMILES string of the molecule is N#Cc1cccc(CN2C(=O)C3(SCCN3C(=O)C3CCCC3)c3cc(Cl)ccc32)c1. The van der Waals surface area contributed by atoms with E-state index < -0.39 is 4.87 Å². The van der Waals surface area contributed by atoms with E-state index in [1.54, 1.807) is 23.1 Å². The van der Waals surface area contributed by atoms with Crippen molar-refractivity contribution in [3.63, 3.8) is 0 Å². The maximum Gasteiger partial charge on any atom is 0.268 e. The quantitative estimate of drug-likeness (QED) is 0.679. The maximum absolute atomic E-state index is 14.0. The summed E-state index contributed by atoms with van der Waals surface area (Å²) < 4.78 is 0. The molecule has 1 unspecified atom stereocenters. The Morgan fingerprint density at radius 3 is 2.81 bits per heavy atom. The molecule has 0 radical (unpaired) electrons. The molecule has 2 heterocycles. The summed E-state index contributed by atoms with van der Waals surface area (Å²) in [7, 11) is 0. The highest BCUT2D eigenvalue weighted by atomic mass is 35.5. The minimum Gasteiger partial charge on any atom is -0.315 e. The van der Waals surface area contributed by atoms with Crippen molar-refractivity contribution in [2.75, 3.05) is 17.2 Å². The molecule has 1 saturated carbocycles. The Morgan fingerprint density at radius 1 is 1.23 bits per heavy atom. The van der Waals surface area contributed by atoms with E-state index in [1.807, 2.05) is 29.2 Å². The highest BCUT2D eigenvalue weighted by Gasteiger charge is 2.60. The summed E-state index contributed by atoms with van der Waals surface area (Å²) >= 11 is 7.89. The third-order valence-corrected chi connectivity index (χ3v) is 8.18. The van der Waals surface area contributed by atoms with Gasteiger partial charge in [-0.2, -0.15) is 5.26 Å². The third kappa shape index (κ3) is 3.22. The molecule has 2 aromatic carbocycles. The zero-order chi connectivity index (χ0) is 21.6. The minimum atomic E-state index is -1.05. The van der Waals surface area contributed by atoms with Gasteiger partial charge < -0.3 is 9.80 Å². The zero-order valence-electron chi connectivity index (χ0n) is 17.0. The molecule has 0 N–H and O–H groups in total. The van der Waals surface area contributed by atoms with Crippen molar-refractivity contribution in [2.45, 2.75) is 37.1 Å². The average Bonchev–Trinajstić information content (AvgIpc) is 3.51. The third-order valence-electron chi connectivity index (χ3n) is 6.52. The van der Waals surface area contributed by atoms with Crippen LogP contribution in [0.5, 0.6) is 0 Å². The summed E-state index contributed by atoms with van der Waals surface area (Å²) in [5.41, 5.74) is 3.02. The van der Waals surface area contributed by atoms with E-state index in [4.69, 9.17) is 11.6 Å². The molecule has 1 atom stereocenters. The largest absolute Gasteiger partial charge is 0.315 e. The first-order valence-corrected chi connectivity index (χ1v) is 12.0. The molecule has 1 saturated heterocycles. The van der Waals surface area contributed by atoms with Gasteiger partial charge in [0.05, 0.1) is 23.9 Å². The second-order valence-corrected chi connectivity index (χ2v) is 10.1. The Hall–Kier alpha value is -2.49. The van der Waals surface area contributed by atoms with E-state index in [9.17, 15) is 14.9 Å². The number of fused-ring (bicyclic) bond motifs is 2. The van der Waals surface area contributed by atoms with Crippen LogP contribution in [0.25, 0.3) is 0 Å². The Kier molecular flexibility index (Phi) is 5.19. The number of carbonyl (C=O) groups is 2. The van der Waals surface area contributed by atoms with E-state index >= 15 is 0 Å². The lowest BCUT2D eigenvalue weighted by atomic mass is 10.0. The maximum atomic E-state index is 14.0. The van der Waals surface area contributed by atoms with Gasteiger partial charge in [-0.25, -0.2) is 0 Å². The van der Waals surface area contributed by atoms with Gasteiger partial charge in [-0.15, -0.1) is 11.8 Å². The van der Waals surface area contributed by atoms with Crippen molar-refractivity contribution in [2.24, 2.45) is 5.92 Å². The molecule has 2 amide bonds. The van der Waals surface area contributed by atoms with Gasteiger partial charge in [0.2, 0.25) is 5.91 Å². The summed E-state index contributed by atoms with van der Waals surface area (Å²) in [6, 6.07) is 14.9. The number of hydrogen-bond acceptors (Lipinski definition) is 4. The second-order valence-electron chi connectivity index (χ2n) is 8.33. The predicted molar refractivity (Wildman–Crippen MR) is 122 cm³/mol. The molecule has 1 spiro atoms. The van der Waals surface area contributed by atoms with Crippen molar-refractivity contribution in [1.29, 1.82) is 5.26 Å². The molecule has 3 aliphatic rings. The van der Waals surface area contributed by atoms with Gasteiger partial charge in [0.15, 0.2) is 4.87 Å². The summed E-state index contributed by atoms with van der Waals surface area (Å²) in [5.74, 6) is 0.719. The molecule has 0 aromatic heterocycles. The van der Waals surface area contributed by atoms with Crippen molar-refractivity contribution in [1.82, 2.24) is 4.90 Å². The van der Waals surface area contributed by atoms with Crippen LogP contribution in [0.2, 0.25) is 5.02 Å². The smallest absolute Gasteiger partial charge is 0.268 e. The fraction of sp³-hybridized carbons (Fsp3) is 0.375. The van der Waals surface area contributed by atoms with Crippen molar-refractivity contribution < 1.29 is 9.59 Å². The molecule has 158 valence electrons. The molecule has 31 heavy (non-hydrogen) atoms. The van der Waals surface area contributed by atoms with Gasteiger partial charge in [-0.05, 0) is 48.7 Å². The lowest BCUT2D eigenvalue weighted by molar-refractivity contribution is -0.143. The van der Waals surface area contributed by atoms with Gasteiger partial charge in [0.1, 0.15) is 0 Å². The Balaban J connectivity index is 1.57. The Morgan fingerprint density at radius 2 is 2.03 bits per heavy atom.